The van der Waals surface area contributed by atoms with Crippen LogP contribution in [0.5, 0.6) is 5.75 Å². The Labute approximate surface area is 215 Å². The number of ether oxygens (including phenoxy) is 1. The molecule has 1 unspecified atom stereocenters. The molecule has 0 radical (unpaired) electrons. The molecule has 0 aliphatic rings. The smallest absolute Gasteiger partial charge is 0.251 e. The van der Waals surface area contributed by atoms with E-state index in [0.29, 0.717) is 41.7 Å². The van der Waals surface area contributed by atoms with Gasteiger partial charge in [-0.2, -0.15) is 0 Å². The van der Waals surface area contributed by atoms with E-state index in [1.165, 1.54) is 12.1 Å². The van der Waals surface area contributed by atoms with E-state index >= 15 is 0 Å². The van der Waals surface area contributed by atoms with Gasteiger partial charge in [0.15, 0.2) is 0 Å². The van der Waals surface area contributed by atoms with Crippen molar-refractivity contribution in [3.05, 3.63) is 63.6 Å². The zero-order valence-corrected chi connectivity index (χ0v) is 22.7. The maximum Gasteiger partial charge on any atom is 0.251 e. The monoisotopic (exact) mass is 514 g/mol. The molecule has 0 bridgehead atoms. The number of aromatic hydroxyl groups is 1. The largest absolute Gasteiger partial charge is 0.508 e. The van der Waals surface area contributed by atoms with Crippen molar-refractivity contribution in [2.45, 2.75) is 67.0 Å². The van der Waals surface area contributed by atoms with Gasteiger partial charge in [0.05, 0.1) is 6.10 Å². The van der Waals surface area contributed by atoms with Gasteiger partial charge in [-0.15, -0.1) is 0 Å². The molecule has 0 heterocycles. The normalized spacial score (nSPS) is 10.1. The summed E-state index contributed by atoms with van der Waals surface area (Å²) < 4.78 is 5.59. The molecule has 0 spiro atoms. The molecule has 192 valence electrons. The van der Waals surface area contributed by atoms with Gasteiger partial charge in [-0.1, -0.05) is 64.7 Å². The highest BCUT2D eigenvalue weighted by Crippen LogP contribution is 2.18. The minimum absolute atomic E-state index is 0.0611. The van der Waals surface area contributed by atoms with Gasteiger partial charge in [-0.25, -0.2) is 0 Å². The Hall–Kier alpha value is -2.28. The molecule has 0 aliphatic heterocycles. The van der Waals surface area contributed by atoms with Crippen LogP contribution in [0.1, 0.15) is 70.3 Å². The summed E-state index contributed by atoms with van der Waals surface area (Å²) in [5.74, 6) is 0.0119. The fourth-order valence-electron chi connectivity index (χ4n) is 2.40. The molecule has 2 aromatic carbocycles. The summed E-state index contributed by atoms with van der Waals surface area (Å²) in [6.45, 7) is 13.8. The molecule has 0 saturated heterocycles. The first-order valence-electron chi connectivity index (χ1n) is 11.7. The quantitative estimate of drug-likeness (QED) is 0.311. The summed E-state index contributed by atoms with van der Waals surface area (Å²) in [5, 5.41) is 15.6. The second-order valence-corrected chi connectivity index (χ2v) is 7.31. The van der Waals surface area contributed by atoms with Crippen molar-refractivity contribution in [2.75, 3.05) is 13.2 Å². The molecular weight excluding hydrogens is 475 g/mol. The van der Waals surface area contributed by atoms with Crippen LogP contribution < -0.4 is 10.6 Å². The van der Waals surface area contributed by atoms with Gasteiger partial charge in [0.25, 0.3) is 5.91 Å². The summed E-state index contributed by atoms with van der Waals surface area (Å²) >= 11 is 11.5. The Balaban J connectivity index is 0. The highest BCUT2D eigenvalue weighted by Gasteiger charge is 2.10. The number of halogens is 2. The molecule has 8 heteroatoms. The average Bonchev–Trinajstić information content (AvgIpc) is 2.85. The standard InChI is InChI=1S/C14H21NO3.C8H7Cl2NO.2C2H6/c1-3-9-18-13(4-2)10-15-14(17)11-5-7-12(16)8-6-11;9-7-1-6(4-11-5-12)2-8(10)3-7;2*1-2/h5-8,13,16H,3-4,9-10H2,1-2H3,(H,15,17);1-3,5H,4H2,(H,11,12);2*1-2H3. The number of carbonyl (C=O) groups is 2. The van der Waals surface area contributed by atoms with E-state index in [0.717, 1.165) is 18.4 Å². The summed E-state index contributed by atoms with van der Waals surface area (Å²) in [6.07, 6.45) is 2.54. The number of nitrogens with one attached hydrogen (secondary N) is 2. The number of amides is 2. The lowest BCUT2D eigenvalue weighted by Gasteiger charge is -2.16. The molecule has 0 fully saturated rings. The first kappa shape index (κ1) is 33.9. The van der Waals surface area contributed by atoms with E-state index < -0.39 is 0 Å². The maximum absolute atomic E-state index is 11.8. The molecule has 2 rings (SSSR count). The number of rotatable bonds is 10. The summed E-state index contributed by atoms with van der Waals surface area (Å²) in [7, 11) is 0. The summed E-state index contributed by atoms with van der Waals surface area (Å²) in [4.78, 5) is 21.8. The van der Waals surface area contributed by atoms with E-state index in [2.05, 4.69) is 17.6 Å². The molecule has 0 aliphatic carbocycles. The van der Waals surface area contributed by atoms with Crippen molar-refractivity contribution in [3.63, 3.8) is 0 Å². The lowest BCUT2D eigenvalue weighted by Crippen LogP contribution is -2.33. The minimum Gasteiger partial charge on any atom is -0.508 e. The lowest BCUT2D eigenvalue weighted by molar-refractivity contribution is -0.109. The van der Waals surface area contributed by atoms with E-state index in [4.69, 9.17) is 33.0 Å². The van der Waals surface area contributed by atoms with Gasteiger partial charge < -0.3 is 20.5 Å². The fraction of sp³-hybridized carbons (Fsp3) is 0.462. The number of phenolic OH excluding ortho intramolecular Hbond substituents is 1. The molecular formula is C26H40Cl2N2O4. The van der Waals surface area contributed by atoms with Gasteiger partial charge >= 0.3 is 0 Å². The number of carbonyl (C=O) groups excluding carboxylic acids is 2. The molecule has 0 saturated carbocycles. The van der Waals surface area contributed by atoms with Crippen LogP contribution in [0.15, 0.2) is 42.5 Å². The third-order valence-electron chi connectivity index (χ3n) is 3.94. The first-order valence-corrected chi connectivity index (χ1v) is 12.5. The first-order chi connectivity index (χ1) is 16.4. The van der Waals surface area contributed by atoms with E-state index in [9.17, 15) is 9.59 Å². The van der Waals surface area contributed by atoms with Gasteiger partial charge in [0.2, 0.25) is 6.41 Å². The number of benzene rings is 2. The average molecular weight is 516 g/mol. The Morgan fingerprint density at radius 2 is 1.59 bits per heavy atom. The molecule has 6 nitrogen and oxygen atoms in total. The molecule has 34 heavy (non-hydrogen) atoms. The van der Waals surface area contributed by atoms with Gasteiger partial charge in [-0.05, 0) is 60.9 Å². The predicted molar refractivity (Wildman–Crippen MR) is 143 cm³/mol. The van der Waals surface area contributed by atoms with Crippen LogP contribution in [0.4, 0.5) is 0 Å². The number of hydrogen-bond acceptors (Lipinski definition) is 4. The second-order valence-electron chi connectivity index (χ2n) is 6.43. The van der Waals surface area contributed by atoms with Gasteiger partial charge in [0, 0.05) is 35.3 Å². The van der Waals surface area contributed by atoms with Crippen molar-refractivity contribution in [1.82, 2.24) is 10.6 Å². The number of phenols is 1. The molecule has 1 atom stereocenters. The van der Waals surface area contributed by atoms with Crippen molar-refractivity contribution < 1.29 is 19.4 Å². The van der Waals surface area contributed by atoms with Crippen LogP contribution in [0.3, 0.4) is 0 Å². The van der Waals surface area contributed by atoms with Crippen LogP contribution in [-0.4, -0.2) is 36.7 Å². The van der Waals surface area contributed by atoms with Crippen LogP contribution in [0.2, 0.25) is 10.0 Å². The molecule has 2 amide bonds. The fourth-order valence-corrected chi connectivity index (χ4v) is 2.97. The molecule has 0 aromatic heterocycles. The second kappa shape index (κ2) is 22.5. The number of hydrogen-bond donors (Lipinski definition) is 3. The molecule has 3 N–H and O–H groups in total. The lowest BCUT2D eigenvalue weighted by atomic mass is 10.2. The Kier molecular flexibility index (Phi) is 22.4. The van der Waals surface area contributed by atoms with Crippen molar-refractivity contribution in [2.24, 2.45) is 0 Å². The minimum atomic E-state index is -0.145. The van der Waals surface area contributed by atoms with Crippen LogP contribution in [-0.2, 0) is 16.1 Å². The zero-order chi connectivity index (χ0) is 26.4. The van der Waals surface area contributed by atoms with Crippen molar-refractivity contribution in [1.29, 1.82) is 0 Å². The molecule has 2 aromatic rings. The highest BCUT2D eigenvalue weighted by atomic mass is 35.5. The van der Waals surface area contributed by atoms with E-state index in [1.807, 2.05) is 34.6 Å². The third kappa shape index (κ3) is 16.4. The van der Waals surface area contributed by atoms with Crippen molar-refractivity contribution in [3.8, 4) is 5.75 Å². The summed E-state index contributed by atoms with van der Waals surface area (Å²) in [5.41, 5.74) is 1.43. The van der Waals surface area contributed by atoms with Crippen molar-refractivity contribution >= 4 is 35.5 Å². The van der Waals surface area contributed by atoms with Gasteiger partial charge in [0.1, 0.15) is 5.75 Å². The third-order valence-corrected chi connectivity index (χ3v) is 4.38. The maximum atomic E-state index is 11.8. The topological polar surface area (TPSA) is 87.7 Å². The SMILES string of the molecule is CC.CC.CCCOC(CC)CNC(=O)c1ccc(O)cc1.O=CNCc1cc(Cl)cc(Cl)c1. The zero-order valence-electron chi connectivity index (χ0n) is 21.2. The van der Waals surface area contributed by atoms with E-state index in [1.54, 1.807) is 30.3 Å². The van der Waals surface area contributed by atoms with Crippen LogP contribution in [0, 0.1) is 0 Å². The van der Waals surface area contributed by atoms with Gasteiger partial charge in [-0.3, -0.25) is 9.59 Å². The Bertz CT molecular complexity index is 767. The van der Waals surface area contributed by atoms with Crippen LogP contribution in [0.25, 0.3) is 0 Å². The highest BCUT2D eigenvalue weighted by molar-refractivity contribution is 6.34. The predicted octanol–water partition coefficient (Wildman–Crippen LogP) is 6.62. The summed E-state index contributed by atoms with van der Waals surface area (Å²) in [6, 6.07) is 11.3. The Morgan fingerprint density at radius 1 is 1.03 bits per heavy atom. The van der Waals surface area contributed by atoms with Crippen LogP contribution >= 0.6 is 23.2 Å². The Morgan fingerprint density at radius 3 is 2.06 bits per heavy atom. The van der Waals surface area contributed by atoms with E-state index in [-0.39, 0.29) is 17.8 Å².